The molecule has 0 saturated carbocycles. The number of nitrogens with zero attached hydrogens (tertiary/aromatic N) is 2. The van der Waals surface area contributed by atoms with Gasteiger partial charge in [0.05, 0.1) is 11.4 Å². The Morgan fingerprint density at radius 3 is 2.23 bits per heavy atom. The molecule has 0 aliphatic carbocycles. The zero-order valence-corrected chi connectivity index (χ0v) is 18.9. The van der Waals surface area contributed by atoms with Crippen LogP contribution in [-0.4, -0.2) is 30.2 Å². The minimum atomic E-state index is -3.85. The third-order valence-electron chi connectivity index (χ3n) is 4.49. The summed E-state index contributed by atoms with van der Waals surface area (Å²) < 4.78 is 28.6. The van der Waals surface area contributed by atoms with Gasteiger partial charge in [-0.1, -0.05) is 45.8 Å². The molecule has 0 aliphatic rings. The van der Waals surface area contributed by atoms with Crippen molar-refractivity contribution in [2.24, 2.45) is 0 Å². The van der Waals surface area contributed by atoms with Crippen LogP contribution in [0.4, 0.5) is 0 Å². The van der Waals surface area contributed by atoms with Crippen LogP contribution in [-0.2, 0) is 27.9 Å². The molecule has 0 fully saturated rings. The van der Waals surface area contributed by atoms with Crippen LogP contribution >= 0.6 is 15.9 Å². The number of carbonyl (C=O) groups excluding carboxylic acids is 1. The number of hydrogen-bond acceptors (Lipinski definition) is 4. The van der Waals surface area contributed by atoms with Gasteiger partial charge in [0.25, 0.3) is 0 Å². The summed E-state index contributed by atoms with van der Waals surface area (Å²) in [5, 5.41) is 2.78. The third-order valence-corrected chi connectivity index (χ3v) is 6.82. The summed E-state index contributed by atoms with van der Waals surface area (Å²) in [5.41, 5.74) is 2.64. The SMILES string of the molecule is Cc1ccc(S(=O)(=O)N(CC(=O)NCc2ccncc2)Cc2ccc(Br)cc2)cc1. The van der Waals surface area contributed by atoms with Gasteiger partial charge < -0.3 is 5.32 Å². The van der Waals surface area contributed by atoms with Crippen molar-refractivity contribution in [3.8, 4) is 0 Å². The molecule has 0 bridgehead atoms. The molecule has 1 heterocycles. The van der Waals surface area contributed by atoms with Crippen molar-refractivity contribution in [1.82, 2.24) is 14.6 Å². The number of benzene rings is 2. The second-order valence-corrected chi connectivity index (χ2v) is 9.70. The largest absolute Gasteiger partial charge is 0.351 e. The minimum Gasteiger partial charge on any atom is -0.351 e. The van der Waals surface area contributed by atoms with Crippen LogP contribution in [0.1, 0.15) is 16.7 Å². The Hall–Kier alpha value is -2.55. The minimum absolute atomic E-state index is 0.0895. The molecule has 1 aromatic heterocycles. The number of hydrogen-bond donors (Lipinski definition) is 1. The predicted molar refractivity (Wildman–Crippen MR) is 119 cm³/mol. The second-order valence-electron chi connectivity index (χ2n) is 6.84. The van der Waals surface area contributed by atoms with E-state index in [0.29, 0.717) is 6.54 Å². The first-order chi connectivity index (χ1) is 14.3. The van der Waals surface area contributed by atoms with E-state index in [1.807, 2.05) is 31.2 Å². The number of rotatable bonds is 8. The zero-order valence-electron chi connectivity index (χ0n) is 16.5. The van der Waals surface area contributed by atoms with E-state index in [0.717, 1.165) is 21.2 Å². The number of sulfonamides is 1. The quantitative estimate of drug-likeness (QED) is 0.525. The average molecular weight is 488 g/mol. The molecular formula is C22H22BrN3O3S. The van der Waals surface area contributed by atoms with Gasteiger partial charge >= 0.3 is 0 Å². The van der Waals surface area contributed by atoms with Gasteiger partial charge in [0.15, 0.2) is 0 Å². The Labute approximate surface area is 185 Å². The number of amides is 1. The van der Waals surface area contributed by atoms with Crippen LogP contribution in [0.3, 0.4) is 0 Å². The Bertz CT molecular complexity index is 1090. The number of aromatic nitrogens is 1. The molecule has 0 atom stereocenters. The van der Waals surface area contributed by atoms with E-state index in [1.165, 1.54) is 4.31 Å². The molecule has 0 radical (unpaired) electrons. The van der Waals surface area contributed by atoms with Gasteiger partial charge in [-0.2, -0.15) is 4.31 Å². The number of nitrogens with one attached hydrogen (secondary N) is 1. The normalized spacial score (nSPS) is 11.4. The first kappa shape index (κ1) is 22.1. The van der Waals surface area contributed by atoms with Crippen molar-refractivity contribution in [1.29, 1.82) is 0 Å². The van der Waals surface area contributed by atoms with Gasteiger partial charge in [0, 0.05) is 30.0 Å². The summed E-state index contributed by atoms with van der Waals surface area (Å²) in [6.45, 7) is 2.00. The summed E-state index contributed by atoms with van der Waals surface area (Å²) in [4.78, 5) is 16.7. The van der Waals surface area contributed by atoms with Gasteiger partial charge in [-0.25, -0.2) is 8.42 Å². The number of pyridine rings is 1. The molecule has 0 aliphatic heterocycles. The molecule has 0 unspecified atom stereocenters. The summed E-state index contributed by atoms with van der Waals surface area (Å²) in [5.74, 6) is -0.375. The fraction of sp³-hybridized carbons (Fsp3) is 0.182. The monoisotopic (exact) mass is 487 g/mol. The van der Waals surface area contributed by atoms with Gasteiger partial charge in [-0.05, 0) is 54.4 Å². The van der Waals surface area contributed by atoms with Gasteiger partial charge in [-0.3, -0.25) is 9.78 Å². The Kier molecular flexibility index (Phi) is 7.36. The Morgan fingerprint density at radius 1 is 0.967 bits per heavy atom. The second kappa shape index (κ2) is 9.97. The highest BCUT2D eigenvalue weighted by atomic mass is 79.9. The predicted octanol–water partition coefficient (Wildman–Crippen LogP) is 3.66. The van der Waals surface area contributed by atoms with Crippen molar-refractivity contribution in [2.75, 3.05) is 6.54 Å². The first-order valence-corrected chi connectivity index (χ1v) is 11.5. The van der Waals surface area contributed by atoms with Crippen LogP contribution in [0.15, 0.2) is 82.4 Å². The summed E-state index contributed by atoms with van der Waals surface area (Å²) in [7, 11) is -3.85. The van der Waals surface area contributed by atoms with Crippen molar-refractivity contribution >= 4 is 31.9 Å². The standard InChI is InChI=1S/C22H22BrN3O3S/c1-17-2-8-21(9-3-17)30(28,29)26(15-19-4-6-20(23)7-5-19)16-22(27)25-14-18-10-12-24-13-11-18/h2-13H,14-16H2,1H3,(H,25,27). The van der Waals surface area contributed by atoms with E-state index in [4.69, 9.17) is 0 Å². The van der Waals surface area contributed by atoms with E-state index in [1.54, 1.807) is 48.8 Å². The number of aryl methyl sites for hydroxylation is 1. The lowest BCUT2D eigenvalue weighted by Gasteiger charge is -2.22. The highest BCUT2D eigenvalue weighted by Gasteiger charge is 2.26. The smallest absolute Gasteiger partial charge is 0.243 e. The van der Waals surface area contributed by atoms with E-state index >= 15 is 0 Å². The molecule has 3 rings (SSSR count). The first-order valence-electron chi connectivity index (χ1n) is 9.31. The topological polar surface area (TPSA) is 79.4 Å². The lowest BCUT2D eigenvalue weighted by atomic mass is 10.2. The van der Waals surface area contributed by atoms with Gasteiger partial charge in [-0.15, -0.1) is 0 Å². The average Bonchev–Trinajstić information content (AvgIpc) is 2.74. The van der Waals surface area contributed by atoms with Crippen LogP contribution in [0.2, 0.25) is 0 Å². The molecule has 1 N–H and O–H groups in total. The molecule has 0 saturated heterocycles. The van der Waals surface area contributed by atoms with E-state index in [2.05, 4.69) is 26.2 Å². The molecule has 8 heteroatoms. The van der Waals surface area contributed by atoms with Gasteiger partial charge in [0.1, 0.15) is 0 Å². The maximum absolute atomic E-state index is 13.3. The van der Waals surface area contributed by atoms with E-state index in [-0.39, 0.29) is 23.9 Å². The molecule has 3 aromatic rings. The maximum Gasteiger partial charge on any atom is 0.243 e. The fourth-order valence-corrected chi connectivity index (χ4v) is 4.44. The molecule has 30 heavy (non-hydrogen) atoms. The van der Waals surface area contributed by atoms with Crippen molar-refractivity contribution < 1.29 is 13.2 Å². The van der Waals surface area contributed by atoms with Crippen LogP contribution < -0.4 is 5.32 Å². The lowest BCUT2D eigenvalue weighted by molar-refractivity contribution is -0.121. The summed E-state index contributed by atoms with van der Waals surface area (Å²) in [6.07, 6.45) is 3.28. The Balaban J connectivity index is 1.80. The maximum atomic E-state index is 13.3. The Morgan fingerprint density at radius 2 is 1.60 bits per heavy atom. The highest BCUT2D eigenvalue weighted by Crippen LogP contribution is 2.20. The highest BCUT2D eigenvalue weighted by molar-refractivity contribution is 9.10. The lowest BCUT2D eigenvalue weighted by Crippen LogP contribution is -2.40. The van der Waals surface area contributed by atoms with Crippen molar-refractivity contribution in [3.05, 3.63) is 94.2 Å². The number of halogens is 1. The van der Waals surface area contributed by atoms with Crippen molar-refractivity contribution in [3.63, 3.8) is 0 Å². The number of carbonyl (C=O) groups is 1. The third kappa shape index (κ3) is 5.98. The van der Waals surface area contributed by atoms with Crippen molar-refractivity contribution in [2.45, 2.75) is 24.9 Å². The molecule has 2 aromatic carbocycles. The van der Waals surface area contributed by atoms with Crippen LogP contribution in [0.5, 0.6) is 0 Å². The fourth-order valence-electron chi connectivity index (χ4n) is 2.80. The zero-order chi connectivity index (χ0) is 21.6. The summed E-state index contributed by atoms with van der Waals surface area (Å²) in [6, 6.07) is 17.6. The molecule has 1 amide bonds. The molecule has 6 nitrogen and oxygen atoms in total. The molecule has 156 valence electrons. The molecule has 0 spiro atoms. The molecular weight excluding hydrogens is 466 g/mol. The summed E-state index contributed by atoms with van der Waals surface area (Å²) >= 11 is 3.38. The van der Waals surface area contributed by atoms with Crippen LogP contribution in [0.25, 0.3) is 0 Å². The van der Waals surface area contributed by atoms with E-state index in [9.17, 15) is 13.2 Å². The van der Waals surface area contributed by atoms with E-state index < -0.39 is 10.0 Å². The van der Waals surface area contributed by atoms with Gasteiger partial charge in [0.2, 0.25) is 15.9 Å². The van der Waals surface area contributed by atoms with Crippen LogP contribution in [0, 0.1) is 6.92 Å².